The number of hydrogen-bond donors (Lipinski definition) is 1. The van der Waals surface area contributed by atoms with Gasteiger partial charge in [-0.1, -0.05) is 36.4 Å². The number of hydrogen-bond acceptors (Lipinski definition) is 3. The number of nitrogens with zero attached hydrogens (tertiary/aromatic N) is 1. The monoisotopic (exact) mass is 369 g/mol. The van der Waals surface area contributed by atoms with Gasteiger partial charge in [0.1, 0.15) is 23.8 Å². The zero-order chi connectivity index (χ0) is 18.6. The van der Waals surface area contributed by atoms with Crippen molar-refractivity contribution >= 4 is 0 Å². The van der Waals surface area contributed by atoms with E-state index in [4.69, 9.17) is 4.74 Å². The molecule has 0 spiro atoms. The highest BCUT2D eigenvalue weighted by Gasteiger charge is 2.38. The molecule has 1 aliphatic heterocycles. The van der Waals surface area contributed by atoms with Crippen LogP contribution < -0.4 is 4.74 Å². The largest absolute Gasteiger partial charge is 0.488 e. The Hall–Kier alpha value is -1.91. The molecule has 2 aliphatic rings. The Balaban J connectivity index is 1.36. The van der Waals surface area contributed by atoms with E-state index in [1.807, 2.05) is 0 Å². The number of piperidine rings is 1. The second-order valence-electron chi connectivity index (χ2n) is 7.82. The summed E-state index contributed by atoms with van der Waals surface area (Å²) < 4.78 is 19.4. The van der Waals surface area contributed by atoms with Crippen LogP contribution in [0.2, 0.25) is 0 Å². The van der Waals surface area contributed by atoms with Crippen LogP contribution in [0.25, 0.3) is 0 Å². The van der Waals surface area contributed by atoms with Gasteiger partial charge in [0, 0.05) is 12.1 Å². The van der Waals surface area contributed by atoms with Gasteiger partial charge in [-0.2, -0.15) is 0 Å². The third-order valence-electron chi connectivity index (χ3n) is 6.12. The van der Waals surface area contributed by atoms with Crippen molar-refractivity contribution in [2.24, 2.45) is 0 Å². The van der Waals surface area contributed by atoms with Gasteiger partial charge in [-0.25, -0.2) is 4.39 Å². The van der Waals surface area contributed by atoms with Crippen molar-refractivity contribution in [2.75, 3.05) is 13.1 Å². The quantitative estimate of drug-likeness (QED) is 0.869. The minimum Gasteiger partial charge on any atom is -0.488 e. The van der Waals surface area contributed by atoms with Crippen molar-refractivity contribution in [1.29, 1.82) is 0 Å². The maximum absolute atomic E-state index is 13.4. The maximum atomic E-state index is 13.4. The molecule has 4 rings (SSSR count). The van der Waals surface area contributed by atoms with Crippen LogP contribution in [-0.4, -0.2) is 41.3 Å². The molecule has 0 unspecified atom stereocenters. The summed E-state index contributed by atoms with van der Waals surface area (Å²) in [5.41, 5.74) is 1.42. The van der Waals surface area contributed by atoms with Crippen LogP contribution in [0.3, 0.4) is 0 Å². The lowest BCUT2D eigenvalue weighted by atomic mass is 9.84. The molecule has 4 heteroatoms. The molecule has 3 nitrogen and oxygen atoms in total. The van der Waals surface area contributed by atoms with Crippen molar-refractivity contribution in [2.45, 2.75) is 56.3 Å². The van der Waals surface area contributed by atoms with Gasteiger partial charge in [0.25, 0.3) is 0 Å². The summed E-state index contributed by atoms with van der Waals surface area (Å²) in [6.07, 6.45) is 4.30. The van der Waals surface area contributed by atoms with E-state index in [1.165, 1.54) is 17.7 Å². The molecular weight excluding hydrogens is 341 g/mol. The van der Waals surface area contributed by atoms with E-state index in [1.54, 1.807) is 12.1 Å². The summed E-state index contributed by atoms with van der Waals surface area (Å²) in [7, 11) is 0. The average molecular weight is 369 g/mol. The topological polar surface area (TPSA) is 32.7 Å². The highest BCUT2D eigenvalue weighted by molar-refractivity contribution is 5.23. The van der Waals surface area contributed by atoms with Crippen LogP contribution in [0.15, 0.2) is 54.6 Å². The molecule has 2 aromatic carbocycles. The van der Waals surface area contributed by atoms with Crippen molar-refractivity contribution in [1.82, 2.24) is 4.90 Å². The Morgan fingerprint density at radius 1 is 0.926 bits per heavy atom. The lowest BCUT2D eigenvalue weighted by Gasteiger charge is -2.44. The van der Waals surface area contributed by atoms with Gasteiger partial charge in [0.05, 0.1) is 0 Å². The predicted molar refractivity (Wildman–Crippen MR) is 104 cm³/mol. The Morgan fingerprint density at radius 2 is 1.70 bits per heavy atom. The fourth-order valence-corrected chi connectivity index (χ4v) is 4.65. The zero-order valence-corrected chi connectivity index (χ0v) is 15.6. The summed E-state index contributed by atoms with van der Waals surface area (Å²) in [5.74, 6) is 0.808. The molecule has 0 amide bonds. The number of rotatable bonds is 4. The third kappa shape index (κ3) is 4.33. The number of likely N-dealkylation sites (tertiary alicyclic amines) is 1. The van der Waals surface area contributed by atoms with Crippen molar-refractivity contribution in [3.05, 3.63) is 66.0 Å². The van der Waals surface area contributed by atoms with Gasteiger partial charge in [0.2, 0.25) is 0 Å². The van der Waals surface area contributed by atoms with Gasteiger partial charge in [-0.3, -0.25) is 4.90 Å². The lowest BCUT2D eigenvalue weighted by molar-refractivity contribution is -0.0586. The van der Waals surface area contributed by atoms with Crippen LogP contribution in [0.5, 0.6) is 5.75 Å². The van der Waals surface area contributed by atoms with E-state index >= 15 is 0 Å². The first-order valence-electron chi connectivity index (χ1n) is 10.1. The molecule has 0 radical (unpaired) electrons. The lowest BCUT2D eigenvalue weighted by Crippen LogP contribution is -2.54. The average Bonchev–Trinajstić information content (AvgIpc) is 2.71. The summed E-state index contributed by atoms with van der Waals surface area (Å²) in [5, 5.41) is 10.9. The first-order chi connectivity index (χ1) is 13.2. The number of halogens is 1. The van der Waals surface area contributed by atoms with E-state index in [0.29, 0.717) is 11.7 Å². The first kappa shape index (κ1) is 18.5. The molecular formula is C23H28FNO2. The van der Waals surface area contributed by atoms with E-state index < -0.39 is 6.10 Å². The fraction of sp³-hybridized carbons (Fsp3) is 0.478. The highest BCUT2D eigenvalue weighted by atomic mass is 19.1. The Bertz CT molecular complexity index is 730. The van der Waals surface area contributed by atoms with Crippen LogP contribution in [0.4, 0.5) is 4.39 Å². The molecule has 1 N–H and O–H groups in total. The van der Waals surface area contributed by atoms with Gasteiger partial charge >= 0.3 is 0 Å². The highest BCUT2D eigenvalue weighted by Crippen LogP contribution is 2.33. The van der Waals surface area contributed by atoms with Gasteiger partial charge < -0.3 is 9.84 Å². The predicted octanol–water partition coefficient (Wildman–Crippen LogP) is 4.37. The molecule has 2 fully saturated rings. The van der Waals surface area contributed by atoms with Gasteiger partial charge in [0.15, 0.2) is 0 Å². The minimum absolute atomic E-state index is 0.133. The molecule has 0 bridgehead atoms. The summed E-state index contributed by atoms with van der Waals surface area (Å²) >= 11 is 0. The standard InChI is InChI=1S/C23H28FNO2/c24-19-8-4-9-20(16-19)27-22-11-5-10-21(23(22)26)25-14-12-18(13-15-25)17-6-2-1-3-7-17/h1-4,6-9,16,18,21-23,26H,5,10-15H2/t21-,22+,23+/m0/s1. The van der Waals surface area contributed by atoms with Crippen LogP contribution in [0, 0.1) is 5.82 Å². The Kier molecular flexibility index (Phi) is 5.74. The number of aliphatic hydroxyl groups is 1. The summed E-state index contributed by atoms with van der Waals surface area (Å²) in [6, 6.07) is 17.1. The van der Waals surface area contributed by atoms with E-state index in [9.17, 15) is 9.50 Å². The molecule has 144 valence electrons. The minimum atomic E-state index is -0.532. The van der Waals surface area contributed by atoms with Crippen molar-refractivity contribution in [3.63, 3.8) is 0 Å². The van der Waals surface area contributed by atoms with Crippen LogP contribution >= 0.6 is 0 Å². The maximum Gasteiger partial charge on any atom is 0.126 e. The van der Waals surface area contributed by atoms with E-state index in [-0.39, 0.29) is 18.0 Å². The van der Waals surface area contributed by atoms with Crippen molar-refractivity contribution < 1.29 is 14.2 Å². The van der Waals surface area contributed by atoms with Crippen LogP contribution in [0.1, 0.15) is 43.6 Å². The Morgan fingerprint density at radius 3 is 2.44 bits per heavy atom. The zero-order valence-electron chi connectivity index (χ0n) is 15.6. The van der Waals surface area contributed by atoms with Crippen LogP contribution in [-0.2, 0) is 0 Å². The van der Waals surface area contributed by atoms with E-state index in [0.717, 1.165) is 45.2 Å². The number of benzene rings is 2. The molecule has 0 aromatic heterocycles. The molecule has 27 heavy (non-hydrogen) atoms. The first-order valence-corrected chi connectivity index (χ1v) is 10.1. The third-order valence-corrected chi connectivity index (χ3v) is 6.12. The Labute approximate surface area is 160 Å². The molecule has 1 aliphatic carbocycles. The molecule has 1 saturated heterocycles. The second kappa shape index (κ2) is 8.41. The molecule has 1 saturated carbocycles. The second-order valence-corrected chi connectivity index (χ2v) is 7.82. The fourth-order valence-electron chi connectivity index (χ4n) is 4.65. The number of ether oxygens (including phenoxy) is 1. The van der Waals surface area contributed by atoms with Crippen molar-refractivity contribution in [3.8, 4) is 5.75 Å². The van der Waals surface area contributed by atoms with Gasteiger partial charge in [-0.05, 0) is 68.8 Å². The summed E-state index contributed by atoms with van der Waals surface area (Å²) in [4.78, 5) is 2.44. The molecule has 3 atom stereocenters. The molecule has 1 heterocycles. The van der Waals surface area contributed by atoms with Gasteiger partial charge in [-0.15, -0.1) is 0 Å². The molecule has 2 aromatic rings. The summed E-state index contributed by atoms with van der Waals surface area (Å²) in [6.45, 7) is 2.02. The normalized spacial score (nSPS) is 27.4. The SMILES string of the molecule is O[C@H]1[C@H](Oc2cccc(F)c2)CCC[C@@H]1N1CCC(c2ccccc2)CC1. The smallest absolute Gasteiger partial charge is 0.126 e. The van der Waals surface area contributed by atoms with E-state index in [2.05, 4.69) is 35.2 Å². The number of aliphatic hydroxyl groups excluding tert-OH is 1.